The molecule has 0 bridgehead atoms. The number of amides is 1. The third-order valence-corrected chi connectivity index (χ3v) is 4.66. The molecule has 1 unspecified atom stereocenters. The Morgan fingerprint density at radius 2 is 1.90 bits per heavy atom. The van der Waals surface area contributed by atoms with Gasteiger partial charge in [0, 0.05) is 18.7 Å². The molecule has 112 valence electrons. The maximum Gasteiger partial charge on any atom is 0.254 e. The highest BCUT2D eigenvalue weighted by molar-refractivity contribution is 7.89. The van der Waals surface area contributed by atoms with Gasteiger partial charge in [-0.2, -0.15) is 0 Å². The first-order chi connectivity index (χ1) is 9.09. The van der Waals surface area contributed by atoms with Crippen LogP contribution in [0.5, 0.6) is 0 Å². The number of hydrogen-bond donors (Lipinski definition) is 1. The third kappa shape index (κ3) is 3.37. The molecule has 20 heavy (non-hydrogen) atoms. The molecule has 0 saturated carbocycles. The summed E-state index contributed by atoms with van der Waals surface area (Å²) in [6.45, 7) is 7.51. The summed E-state index contributed by atoms with van der Waals surface area (Å²) in [6.07, 6.45) is 0.829. The van der Waals surface area contributed by atoms with E-state index in [1.807, 2.05) is 13.8 Å². The maximum absolute atomic E-state index is 12.5. The third-order valence-electron chi connectivity index (χ3n) is 3.77. The number of carbonyl (C=O) groups is 1. The molecule has 1 aromatic carbocycles. The van der Waals surface area contributed by atoms with Gasteiger partial charge < -0.3 is 4.90 Å². The topological polar surface area (TPSA) is 80.5 Å². The lowest BCUT2D eigenvalue weighted by atomic mass is 10.0. The van der Waals surface area contributed by atoms with Crippen molar-refractivity contribution in [3.8, 4) is 0 Å². The van der Waals surface area contributed by atoms with E-state index >= 15 is 0 Å². The largest absolute Gasteiger partial charge is 0.339 e. The highest BCUT2D eigenvalue weighted by Gasteiger charge is 2.21. The Morgan fingerprint density at radius 3 is 2.35 bits per heavy atom. The van der Waals surface area contributed by atoms with E-state index in [1.54, 1.807) is 25.8 Å². The Balaban J connectivity index is 3.38. The van der Waals surface area contributed by atoms with Crippen LogP contribution in [0.3, 0.4) is 0 Å². The highest BCUT2D eigenvalue weighted by atomic mass is 32.2. The Hall–Kier alpha value is -1.40. The van der Waals surface area contributed by atoms with Crippen LogP contribution >= 0.6 is 0 Å². The number of primary sulfonamides is 1. The molecule has 0 heterocycles. The minimum atomic E-state index is -3.82. The van der Waals surface area contributed by atoms with Crippen molar-refractivity contribution >= 4 is 15.9 Å². The second-order valence-electron chi connectivity index (χ2n) is 5.13. The van der Waals surface area contributed by atoms with Gasteiger partial charge in [-0.05, 0) is 50.5 Å². The van der Waals surface area contributed by atoms with Crippen molar-refractivity contribution in [3.05, 3.63) is 28.8 Å². The van der Waals surface area contributed by atoms with Gasteiger partial charge in [0.15, 0.2) is 0 Å². The van der Waals surface area contributed by atoms with Crippen molar-refractivity contribution < 1.29 is 13.2 Å². The van der Waals surface area contributed by atoms with Crippen molar-refractivity contribution in [1.29, 1.82) is 0 Å². The number of nitrogens with two attached hydrogens (primary N) is 1. The van der Waals surface area contributed by atoms with Gasteiger partial charge in [0.25, 0.3) is 5.91 Å². The predicted octanol–water partition coefficient (Wildman–Crippen LogP) is 1.82. The molecule has 1 aromatic rings. The van der Waals surface area contributed by atoms with Gasteiger partial charge in [-0.3, -0.25) is 4.79 Å². The van der Waals surface area contributed by atoms with Crippen molar-refractivity contribution in [2.24, 2.45) is 5.14 Å². The zero-order chi connectivity index (χ0) is 15.7. The van der Waals surface area contributed by atoms with Gasteiger partial charge in [0.05, 0.1) is 4.90 Å². The fraction of sp³-hybridized carbons (Fsp3) is 0.500. The van der Waals surface area contributed by atoms with Gasteiger partial charge in [-0.25, -0.2) is 13.6 Å². The fourth-order valence-corrected chi connectivity index (χ4v) is 2.50. The zero-order valence-corrected chi connectivity index (χ0v) is 13.4. The van der Waals surface area contributed by atoms with Crippen molar-refractivity contribution in [2.75, 3.05) is 7.05 Å². The van der Waals surface area contributed by atoms with Crippen LogP contribution in [0.25, 0.3) is 0 Å². The molecule has 1 amide bonds. The first kappa shape index (κ1) is 16.7. The molecule has 5 nitrogen and oxygen atoms in total. The average Bonchev–Trinajstić information content (AvgIpc) is 2.37. The van der Waals surface area contributed by atoms with Crippen molar-refractivity contribution in [1.82, 2.24) is 4.90 Å². The quantitative estimate of drug-likeness (QED) is 0.920. The Labute approximate surface area is 120 Å². The molecule has 1 rings (SSSR count). The van der Waals surface area contributed by atoms with Crippen LogP contribution in [0.4, 0.5) is 0 Å². The standard InChI is InChI=1S/C14H22N2O3S/c1-6-10(3)16(5)14(17)13-8-12(20(15,18)19)7-9(2)11(13)4/h7-8,10H,6H2,1-5H3,(H2,15,18,19). The van der Waals surface area contributed by atoms with E-state index in [0.717, 1.165) is 17.5 Å². The predicted molar refractivity (Wildman–Crippen MR) is 79.1 cm³/mol. The molecule has 0 radical (unpaired) electrons. The SMILES string of the molecule is CCC(C)N(C)C(=O)c1cc(S(N)(=O)=O)cc(C)c1C. The van der Waals surface area contributed by atoms with Gasteiger partial charge in [-0.1, -0.05) is 6.92 Å². The van der Waals surface area contributed by atoms with E-state index in [9.17, 15) is 13.2 Å². The van der Waals surface area contributed by atoms with Crippen LogP contribution < -0.4 is 5.14 Å². The normalized spacial score (nSPS) is 13.1. The summed E-state index contributed by atoms with van der Waals surface area (Å²) in [6, 6.07) is 2.93. The summed E-state index contributed by atoms with van der Waals surface area (Å²) in [5.74, 6) is -0.189. The van der Waals surface area contributed by atoms with E-state index in [4.69, 9.17) is 5.14 Å². The molecule has 0 spiro atoms. The summed E-state index contributed by atoms with van der Waals surface area (Å²) in [5, 5.41) is 5.15. The lowest BCUT2D eigenvalue weighted by molar-refractivity contribution is 0.0739. The zero-order valence-electron chi connectivity index (χ0n) is 12.6. The monoisotopic (exact) mass is 298 g/mol. The number of nitrogens with zero attached hydrogens (tertiary/aromatic N) is 1. The average molecular weight is 298 g/mol. The number of sulfonamides is 1. The van der Waals surface area contributed by atoms with Crippen molar-refractivity contribution in [2.45, 2.75) is 45.1 Å². The number of rotatable bonds is 4. The smallest absolute Gasteiger partial charge is 0.254 e. The van der Waals surface area contributed by atoms with Gasteiger partial charge in [-0.15, -0.1) is 0 Å². The highest BCUT2D eigenvalue weighted by Crippen LogP contribution is 2.21. The van der Waals surface area contributed by atoms with Crippen molar-refractivity contribution in [3.63, 3.8) is 0 Å². The van der Waals surface area contributed by atoms with E-state index in [2.05, 4.69) is 0 Å². The number of hydrogen-bond acceptors (Lipinski definition) is 3. The van der Waals surface area contributed by atoms with E-state index in [0.29, 0.717) is 5.56 Å². The molecule has 0 aliphatic rings. The van der Waals surface area contributed by atoms with Crippen LogP contribution in [0, 0.1) is 13.8 Å². The van der Waals surface area contributed by atoms with Gasteiger partial charge in [0.2, 0.25) is 10.0 Å². The lowest BCUT2D eigenvalue weighted by Gasteiger charge is -2.25. The van der Waals surface area contributed by atoms with Crippen LogP contribution in [0.2, 0.25) is 0 Å². The molecule has 6 heteroatoms. The fourth-order valence-electron chi connectivity index (χ4n) is 1.88. The number of carbonyl (C=O) groups excluding carboxylic acids is 1. The Kier molecular flexibility index (Phi) is 4.94. The number of aryl methyl sites for hydroxylation is 1. The summed E-state index contributed by atoms with van der Waals surface area (Å²) in [4.78, 5) is 14.1. The summed E-state index contributed by atoms with van der Waals surface area (Å²) < 4.78 is 23.0. The van der Waals surface area contributed by atoms with Crippen LogP contribution in [0.15, 0.2) is 17.0 Å². The molecule has 0 aromatic heterocycles. The number of benzene rings is 1. The lowest BCUT2D eigenvalue weighted by Crippen LogP contribution is -2.35. The molecular weight excluding hydrogens is 276 g/mol. The second kappa shape index (κ2) is 5.93. The van der Waals surface area contributed by atoms with E-state index in [1.165, 1.54) is 12.1 Å². The van der Waals surface area contributed by atoms with Crippen LogP contribution in [0.1, 0.15) is 41.8 Å². The van der Waals surface area contributed by atoms with Gasteiger partial charge >= 0.3 is 0 Å². The Bertz CT molecular complexity index is 624. The Morgan fingerprint density at radius 1 is 1.35 bits per heavy atom. The summed E-state index contributed by atoms with van der Waals surface area (Å²) in [7, 11) is -2.10. The second-order valence-corrected chi connectivity index (χ2v) is 6.69. The van der Waals surface area contributed by atoms with E-state index < -0.39 is 10.0 Å². The first-order valence-electron chi connectivity index (χ1n) is 6.50. The maximum atomic E-state index is 12.5. The first-order valence-corrected chi connectivity index (χ1v) is 8.05. The van der Waals surface area contributed by atoms with Crippen LogP contribution in [-0.4, -0.2) is 32.3 Å². The van der Waals surface area contributed by atoms with Crippen LogP contribution in [-0.2, 0) is 10.0 Å². The molecular formula is C14H22N2O3S. The van der Waals surface area contributed by atoms with E-state index in [-0.39, 0.29) is 16.8 Å². The molecule has 1 atom stereocenters. The molecule has 2 N–H and O–H groups in total. The minimum absolute atomic E-state index is 0.0264. The molecule has 0 saturated heterocycles. The summed E-state index contributed by atoms with van der Waals surface area (Å²) >= 11 is 0. The van der Waals surface area contributed by atoms with Gasteiger partial charge in [0.1, 0.15) is 0 Å². The minimum Gasteiger partial charge on any atom is -0.339 e. The molecule has 0 aliphatic carbocycles. The summed E-state index contributed by atoms with van der Waals surface area (Å²) in [5.41, 5.74) is 1.90. The molecule has 0 aliphatic heterocycles. The molecule has 0 fully saturated rings.